The topological polar surface area (TPSA) is 95.9 Å². The van der Waals surface area contributed by atoms with Crippen molar-refractivity contribution in [2.75, 3.05) is 13.2 Å². The summed E-state index contributed by atoms with van der Waals surface area (Å²) in [5.41, 5.74) is 0. The molecule has 62 heavy (non-hydrogen) atoms. The molecule has 0 aliphatic heterocycles. The van der Waals surface area contributed by atoms with Crippen LogP contribution < -0.4 is 5.32 Å². The second-order valence-electron chi connectivity index (χ2n) is 19.6. The molecule has 6 nitrogen and oxygen atoms in total. The number of carbonyl (C=O) groups excluding carboxylic acids is 2. The van der Waals surface area contributed by atoms with Gasteiger partial charge in [0.15, 0.2) is 0 Å². The lowest BCUT2D eigenvalue weighted by Gasteiger charge is -2.22. The van der Waals surface area contributed by atoms with Crippen LogP contribution in [0.1, 0.15) is 322 Å². The number of hydrogen-bond acceptors (Lipinski definition) is 5. The number of aliphatic hydroxyl groups is 2. The van der Waals surface area contributed by atoms with E-state index in [4.69, 9.17) is 4.74 Å². The van der Waals surface area contributed by atoms with Gasteiger partial charge in [-0.2, -0.15) is 0 Å². The fourth-order valence-corrected chi connectivity index (χ4v) is 9.05. The van der Waals surface area contributed by atoms with Crippen LogP contribution in [0.4, 0.5) is 0 Å². The Kier molecular flexibility index (Phi) is 51.5. The summed E-state index contributed by atoms with van der Waals surface area (Å²) < 4.78 is 5.49. The molecule has 3 N–H and O–H groups in total. The molecule has 6 heteroatoms. The van der Waals surface area contributed by atoms with Crippen molar-refractivity contribution in [3.05, 3.63) is 0 Å². The van der Waals surface area contributed by atoms with Gasteiger partial charge in [-0.25, -0.2) is 0 Å². The van der Waals surface area contributed by atoms with Crippen LogP contribution >= 0.6 is 0 Å². The third kappa shape index (κ3) is 48.3. The molecule has 0 fully saturated rings. The maximum absolute atomic E-state index is 12.4. The fraction of sp³-hybridized carbons (Fsp3) is 0.964. The number of unbranched alkanes of at least 4 members (excludes halogenated alkanes) is 42. The van der Waals surface area contributed by atoms with E-state index in [1.165, 1.54) is 250 Å². The highest BCUT2D eigenvalue weighted by Crippen LogP contribution is 2.18. The minimum atomic E-state index is -0.662. The molecule has 370 valence electrons. The van der Waals surface area contributed by atoms with Gasteiger partial charge < -0.3 is 20.3 Å². The van der Waals surface area contributed by atoms with E-state index in [1.54, 1.807) is 0 Å². The minimum Gasteiger partial charge on any atom is -0.466 e. The van der Waals surface area contributed by atoms with Crippen molar-refractivity contribution in [1.29, 1.82) is 0 Å². The van der Waals surface area contributed by atoms with Gasteiger partial charge in [0.2, 0.25) is 5.91 Å². The van der Waals surface area contributed by atoms with E-state index in [2.05, 4.69) is 19.2 Å². The van der Waals surface area contributed by atoms with E-state index >= 15 is 0 Å². The zero-order chi connectivity index (χ0) is 45.1. The third-order valence-corrected chi connectivity index (χ3v) is 13.4. The fourth-order valence-electron chi connectivity index (χ4n) is 9.05. The van der Waals surface area contributed by atoms with Crippen LogP contribution in [0.5, 0.6) is 0 Å². The summed E-state index contributed by atoms with van der Waals surface area (Å²) in [6, 6.07) is -0.539. The van der Waals surface area contributed by atoms with Crippen molar-refractivity contribution < 1.29 is 24.5 Å². The van der Waals surface area contributed by atoms with Crippen molar-refractivity contribution in [2.45, 2.75) is 334 Å². The van der Waals surface area contributed by atoms with Crippen molar-refractivity contribution in [3.63, 3.8) is 0 Å². The molecule has 0 radical (unpaired) electrons. The molecule has 2 atom stereocenters. The first-order valence-electron chi connectivity index (χ1n) is 28.3. The average Bonchev–Trinajstić information content (AvgIpc) is 3.27. The van der Waals surface area contributed by atoms with Crippen molar-refractivity contribution in [2.24, 2.45) is 0 Å². The number of esters is 1. The van der Waals surface area contributed by atoms with Gasteiger partial charge in [0.1, 0.15) is 0 Å². The van der Waals surface area contributed by atoms with E-state index < -0.39 is 12.1 Å². The van der Waals surface area contributed by atoms with Crippen LogP contribution in [-0.4, -0.2) is 47.4 Å². The number of ether oxygens (including phenoxy) is 1. The number of hydrogen-bond donors (Lipinski definition) is 3. The first-order valence-corrected chi connectivity index (χ1v) is 28.3. The van der Waals surface area contributed by atoms with Crippen LogP contribution in [0.3, 0.4) is 0 Å². The Balaban J connectivity index is 3.33. The van der Waals surface area contributed by atoms with Gasteiger partial charge in [-0.05, 0) is 25.7 Å². The predicted octanol–water partition coefficient (Wildman–Crippen LogP) is 17.1. The molecule has 1 amide bonds. The molecular weight excluding hydrogens is 767 g/mol. The molecule has 0 rings (SSSR count). The molecule has 0 spiro atoms. The summed E-state index contributed by atoms with van der Waals surface area (Å²) in [4.78, 5) is 24.5. The van der Waals surface area contributed by atoms with Gasteiger partial charge in [-0.15, -0.1) is 0 Å². The molecule has 0 aromatic heterocycles. The molecular formula is C56H111NO5. The Hall–Kier alpha value is -1.14. The molecule has 0 aromatic rings. The average molecular weight is 879 g/mol. The first kappa shape index (κ1) is 60.9. The number of nitrogens with one attached hydrogen (secondary N) is 1. The zero-order valence-corrected chi connectivity index (χ0v) is 42.1. The Bertz CT molecular complexity index is 882. The summed E-state index contributed by atoms with van der Waals surface area (Å²) in [6.45, 7) is 4.95. The van der Waals surface area contributed by atoms with Crippen LogP contribution in [0.25, 0.3) is 0 Å². The van der Waals surface area contributed by atoms with Gasteiger partial charge in [-0.3, -0.25) is 9.59 Å². The lowest BCUT2D eigenvalue weighted by molar-refractivity contribution is -0.143. The number of rotatable bonds is 53. The summed E-state index contributed by atoms with van der Waals surface area (Å²) in [7, 11) is 0. The van der Waals surface area contributed by atoms with Crippen LogP contribution in [0, 0.1) is 0 Å². The zero-order valence-electron chi connectivity index (χ0n) is 42.1. The van der Waals surface area contributed by atoms with Gasteiger partial charge in [0.05, 0.1) is 25.4 Å². The molecule has 0 aliphatic rings. The number of amides is 1. The van der Waals surface area contributed by atoms with Gasteiger partial charge in [0.25, 0.3) is 0 Å². The summed E-state index contributed by atoms with van der Waals surface area (Å²) in [6.07, 6.45) is 59.6. The van der Waals surface area contributed by atoms with E-state index in [0.717, 1.165) is 38.5 Å². The van der Waals surface area contributed by atoms with E-state index in [9.17, 15) is 19.8 Å². The Morgan fingerprint density at radius 1 is 0.387 bits per heavy atom. The molecule has 0 aliphatic carbocycles. The molecule has 2 unspecified atom stereocenters. The van der Waals surface area contributed by atoms with Gasteiger partial charge in [-0.1, -0.05) is 284 Å². The van der Waals surface area contributed by atoms with Crippen molar-refractivity contribution in [1.82, 2.24) is 5.32 Å². The molecule has 0 saturated heterocycles. The molecule has 0 heterocycles. The number of aliphatic hydroxyl groups excluding tert-OH is 2. The van der Waals surface area contributed by atoms with Gasteiger partial charge >= 0.3 is 5.97 Å². The van der Waals surface area contributed by atoms with E-state index in [-0.39, 0.29) is 18.5 Å². The predicted molar refractivity (Wildman–Crippen MR) is 269 cm³/mol. The molecule has 0 saturated carbocycles. The highest BCUT2D eigenvalue weighted by molar-refractivity contribution is 5.76. The maximum atomic E-state index is 12.4. The monoisotopic (exact) mass is 878 g/mol. The van der Waals surface area contributed by atoms with Crippen LogP contribution in [-0.2, 0) is 14.3 Å². The van der Waals surface area contributed by atoms with E-state index in [1.807, 2.05) is 0 Å². The Morgan fingerprint density at radius 2 is 0.661 bits per heavy atom. The second kappa shape index (κ2) is 52.5. The second-order valence-corrected chi connectivity index (χ2v) is 19.6. The summed E-state index contributed by atoms with van der Waals surface area (Å²) in [5.74, 6) is -0.0232. The lowest BCUT2D eigenvalue weighted by Crippen LogP contribution is -2.45. The third-order valence-electron chi connectivity index (χ3n) is 13.4. The quantitative estimate of drug-likeness (QED) is 0.0418. The van der Waals surface area contributed by atoms with Crippen molar-refractivity contribution >= 4 is 11.9 Å². The highest BCUT2D eigenvalue weighted by atomic mass is 16.5. The molecule has 0 bridgehead atoms. The standard InChI is InChI=1S/C56H111NO5/c1-3-5-7-9-11-13-14-15-16-24-27-30-34-38-42-46-50-56(61)62-51-47-43-39-35-31-28-25-22-20-18-17-19-21-23-26-29-33-37-41-45-49-55(60)57-53(52-58)54(59)48-44-40-36-32-12-10-8-6-4-2/h53-54,58-59H,3-52H2,1-2H3,(H,57,60). The largest absolute Gasteiger partial charge is 0.466 e. The number of carbonyl (C=O) groups is 2. The lowest BCUT2D eigenvalue weighted by atomic mass is 10.0. The maximum Gasteiger partial charge on any atom is 0.305 e. The Labute approximate surface area is 387 Å². The van der Waals surface area contributed by atoms with Gasteiger partial charge in [0, 0.05) is 12.8 Å². The smallest absolute Gasteiger partial charge is 0.305 e. The van der Waals surface area contributed by atoms with Crippen molar-refractivity contribution in [3.8, 4) is 0 Å². The van der Waals surface area contributed by atoms with E-state index in [0.29, 0.717) is 25.9 Å². The van der Waals surface area contributed by atoms with Crippen LogP contribution in [0.2, 0.25) is 0 Å². The first-order chi connectivity index (χ1) is 30.5. The normalized spacial score (nSPS) is 12.5. The summed E-state index contributed by atoms with van der Waals surface area (Å²) in [5, 5.41) is 23.1. The Morgan fingerprint density at radius 3 is 0.984 bits per heavy atom. The highest BCUT2D eigenvalue weighted by Gasteiger charge is 2.20. The summed E-state index contributed by atoms with van der Waals surface area (Å²) >= 11 is 0. The minimum absolute atomic E-state index is 0.0145. The van der Waals surface area contributed by atoms with Crippen LogP contribution in [0.15, 0.2) is 0 Å². The SMILES string of the molecule is CCCCCCCCCCCCCCCCCCC(=O)OCCCCCCCCCCCCCCCCCCCCCCC(=O)NC(CO)C(O)CCCCCCCCCCC. The molecule has 0 aromatic carbocycles.